The fourth-order valence-corrected chi connectivity index (χ4v) is 6.74. The molecule has 0 saturated carbocycles. The van der Waals surface area contributed by atoms with Gasteiger partial charge in [-0.15, -0.1) is 11.8 Å². The summed E-state index contributed by atoms with van der Waals surface area (Å²) in [6.07, 6.45) is 0.945. The summed E-state index contributed by atoms with van der Waals surface area (Å²) in [6, 6.07) is 8.16. The summed E-state index contributed by atoms with van der Waals surface area (Å²) in [5.74, 6) is -0.689. The summed E-state index contributed by atoms with van der Waals surface area (Å²) in [5, 5.41) is 12.1. The summed E-state index contributed by atoms with van der Waals surface area (Å²) < 4.78 is 0.826. The third-order valence-electron chi connectivity index (χ3n) is 5.85. The van der Waals surface area contributed by atoms with Gasteiger partial charge in [-0.3, -0.25) is 19.4 Å². The molecule has 11 heteroatoms. The van der Waals surface area contributed by atoms with Crippen molar-refractivity contribution in [2.24, 2.45) is 0 Å². The average molecular weight is 507 g/mol. The number of amides is 2. The van der Waals surface area contributed by atoms with Crippen molar-refractivity contribution in [1.82, 2.24) is 20.0 Å². The summed E-state index contributed by atoms with van der Waals surface area (Å²) >= 11 is 8.49. The molecule has 3 aliphatic rings. The Morgan fingerprint density at radius 1 is 1.30 bits per heavy atom. The number of aliphatic carboxylic acids is 1. The topological polar surface area (TPSA) is 93.2 Å². The lowest BCUT2D eigenvalue weighted by atomic mass is 10.0. The molecule has 1 aromatic rings. The number of hydrogen-bond acceptors (Lipinski definition) is 7. The van der Waals surface area contributed by atoms with Crippen LogP contribution in [0.4, 0.5) is 0 Å². The number of carbonyl (C=O) groups excluding carboxylic acids is 2. The first kappa shape index (κ1) is 24.1. The first-order valence-electron chi connectivity index (χ1n) is 10.7. The minimum absolute atomic E-state index is 0.0324. The number of hydrogen-bond donors (Lipinski definition) is 2. The van der Waals surface area contributed by atoms with Crippen LogP contribution in [0.1, 0.15) is 31.9 Å². The highest BCUT2D eigenvalue weighted by Gasteiger charge is 2.54. The van der Waals surface area contributed by atoms with E-state index in [2.05, 4.69) is 22.0 Å². The number of β-lactam (4-membered cyclic amide) rings is 1. The zero-order chi connectivity index (χ0) is 23.7. The second-order valence-corrected chi connectivity index (χ2v) is 10.9. The van der Waals surface area contributed by atoms with Crippen molar-refractivity contribution in [3.05, 3.63) is 47.2 Å². The molecule has 2 saturated heterocycles. The molecule has 0 spiro atoms. The highest BCUT2D eigenvalue weighted by molar-refractivity contribution is 8.22. The van der Waals surface area contributed by atoms with Crippen molar-refractivity contribution < 1.29 is 19.5 Å². The monoisotopic (exact) mass is 506 g/mol. The van der Waals surface area contributed by atoms with E-state index in [0.29, 0.717) is 23.9 Å². The van der Waals surface area contributed by atoms with Crippen molar-refractivity contribution in [1.29, 1.82) is 0 Å². The van der Waals surface area contributed by atoms with Gasteiger partial charge in [0.05, 0.1) is 12.5 Å². The van der Waals surface area contributed by atoms with Crippen LogP contribution in [-0.4, -0.2) is 78.2 Å². The van der Waals surface area contributed by atoms with Crippen LogP contribution in [0.5, 0.6) is 0 Å². The van der Waals surface area contributed by atoms with E-state index in [1.807, 2.05) is 30.3 Å². The van der Waals surface area contributed by atoms with Gasteiger partial charge in [0.1, 0.15) is 27.5 Å². The van der Waals surface area contributed by atoms with Gasteiger partial charge in [0.2, 0.25) is 5.91 Å². The highest BCUT2D eigenvalue weighted by atomic mass is 32.2. The van der Waals surface area contributed by atoms with Crippen LogP contribution in [0.15, 0.2) is 41.6 Å². The molecule has 2 amide bonds. The van der Waals surface area contributed by atoms with Crippen molar-refractivity contribution >= 4 is 57.8 Å². The van der Waals surface area contributed by atoms with Crippen molar-refractivity contribution in [3.8, 4) is 0 Å². The van der Waals surface area contributed by atoms with E-state index < -0.39 is 23.4 Å². The maximum atomic E-state index is 13.6. The largest absolute Gasteiger partial charge is 0.477 e. The van der Waals surface area contributed by atoms with Crippen LogP contribution in [0, 0.1) is 0 Å². The molecule has 0 aliphatic carbocycles. The van der Waals surface area contributed by atoms with Gasteiger partial charge in [-0.05, 0) is 24.5 Å². The number of benzene rings is 1. The molecular weight excluding hydrogens is 480 g/mol. The fourth-order valence-electron chi connectivity index (χ4n) is 4.31. The second kappa shape index (κ2) is 10.0. The Morgan fingerprint density at radius 3 is 2.70 bits per heavy atom. The molecule has 0 bridgehead atoms. The predicted molar refractivity (Wildman–Crippen MR) is 133 cm³/mol. The number of thioether (sulfide) groups is 2. The second-order valence-electron chi connectivity index (χ2n) is 8.18. The van der Waals surface area contributed by atoms with Gasteiger partial charge in [0, 0.05) is 12.3 Å². The number of nitrogens with zero attached hydrogens (tertiary/aromatic N) is 3. The van der Waals surface area contributed by atoms with Crippen LogP contribution in [0.25, 0.3) is 0 Å². The van der Waals surface area contributed by atoms with E-state index in [-0.39, 0.29) is 17.5 Å². The molecule has 0 aromatic heterocycles. The van der Waals surface area contributed by atoms with E-state index in [1.165, 1.54) is 28.4 Å². The lowest BCUT2D eigenvalue weighted by Gasteiger charge is -2.49. The number of nitrogens with one attached hydrogen (secondary N) is 1. The maximum absolute atomic E-state index is 13.6. The lowest BCUT2D eigenvalue weighted by Crippen LogP contribution is -2.71. The average Bonchev–Trinajstić information content (AvgIpc) is 2.80. The third-order valence-corrected chi connectivity index (χ3v) is 8.85. The molecule has 3 aliphatic heterocycles. The molecular formula is C22H26N4O4S3. The van der Waals surface area contributed by atoms with Gasteiger partial charge in [-0.25, -0.2) is 4.79 Å². The molecule has 1 unspecified atom stereocenters. The SMILES string of the molecule is CCCN1CN([C@H](C(=O)N[C@@H]2C(=O)N3C(C(=O)O)=C(C)CSC23)c2ccccc2)CSC1=S. The number of carbonyl (C=O) groups is 3. The molecule has 0 radical (unpaired) electrons. The normalized spacial score (nSPS) is 24.3. The number of rotatable bonds is 7. The standard InChI is InChI=1S/C22H26N4O4S3/c1-3-9-24-11-25(12-33-22(24)31)17(14-7-5-4-6-8-14)18(27)23-15-19(28)26-16(21(29)30)13(2)10-32-20(15)26/h4-8,15,17,20H,3,9-12H2,1-2H3,(H,23,27)(H,29,30)/t15-,17+,20?/m1/s1. The van der Waals surface area contributed by atoms with E-state index >= 15 is 0 Å². The molecule has 2 N–H and O–H groups in total. The Balaban J connectivity index is 1.54. The Labute approximate surface area is 206 Å². The Bertz CT molecular complexity index is 1000. The van der Waals surface area contributed by atoms with Gasteiger partial charge in [0.25, 0.3) is 5.91 Å². The minimum atomic E-state index is -1.12. The molecule has 176 valence electrons. The Kier molecular flexibility index (Phi) is 7.32. The van der Waals surface area contributed by atoms with Crippen molar-refractivity contribution in [2.75, 3.05) is 24.8 Å². The molecule has 3 atom stereocenters. The third kappa shape index (κ3) is 4.64. The van der Waals surface area contributed by atoms with E-state index in [1.54, 1.807) is 6.92 Å². The molecule has 1 aromatic carbocycles. The van der Waals surface area contributed by atoms with Crippen LogP contribution < -0.4 is 5.32 Å². The van der Waals surface area contributed by atoms with Gasteiger partial charge < -0.3 is 15.3 Å². The molecule has 3 heterocycles. The van der Waals surface area contributed by atoms with Gasteiger partial charge >= 0.3 is 5.97 Å². The lowest BCUT2D eigenvalue weighted by molar-refractivity contribution is -0.151. The van der Waals surface area contributed by atoms with Crippen LogP contribution in [0.3, 0.4) is 0 Å². The number of fused-ring (bicyclic) bond motifs is 1. The zero-order valence-corrected chi connectivity index (χ0v) is 20.8. The van der Waals surface area contributed by atoms with Gasteiger partial charge in [-0.2, -0.15) is 0 Å². The van der Waals surface area contributed by atoms with E-state index in [9.17, 15) is 19.5 Å². The first-order chi connectivity index (χ1) is 15.8. The fraction of sp³-hybridized carbons (Fsp3) is 0.455. The van der Waals surface area contributed by atoms with Gasteiger partial charge in [-0.1, -0.05) is 61.2 Å². The molecule has 8 nitrogen and oxygen atoms in total. The molecule has 33 heavy (non-hydrogen) atoms. The minimum Gasteiger partial charge on any atom is -0.477 e. The van der Waals surface area contributed by atoms with Gasteiger partial charge in [0.15, 0.2) is 0 Å². The quantitative estimate of drug-likeness (QED) is 0.427. The number of thiocarbonyl (C=S) groups is 1. The Hall–Kier alpha value is -2.08. The summed E-state index contributed by atoms with van der Waals surface area (Å²) in [5.41, 5.74) is 1.52. The zero-order valence-electron chi connectivity index (χ0n) is 18.4. The smallest absolute Gasteiger partial charge is 0.352 e. The highest BCUT2D eigenvalue weighted by Crippen LogP contribution is 2.40. The summed E-state index contributed by atoms with van der Waals surface area (Å²) in [4.78, 5) is 43.5. The predicted octanol–water partition coefficient (Wildman–Crippen LogP) is 2.45. The van der Waals surface area contributed by atoms with Crippen molar-refractivity contribution in [2.45, 2.75) is 37.7 Å². The first-order valence-corrected chi connectivity index (χ1v) is 13.2. The number of carboxylic acids is 1. The summed E-state index contributed by atoms with van der Waals surface area (Å²) in [7, 11) is 0. The number of carboxylic acid groups (broad SMARTS) is 1. The molecule has 2 fully saturated rings. The van der Waals surface area contributed by atoms with E-state index in [4.69, 9.17) is 12.2 Å². The van der Waals surface area contributed by atoms with E-state index in [0.717, 1.165) is 22.8 Å². The maximum Gasteiger partial charge on any atom is 0.352 e. The van der Waals surface area contributed by atoms with Crippen LogP contribution in [-0.2, 0) is 14.4 Å². The van der Waals surface area contributed by atoms with Crippen molar-refractivity contribution in [3.63, 3.8) is 0 Å². The van der Waals surface area contributed by atoms with Crippen LogP contribution in [0.2, 0.25) is 0 Å². The van der Waals surface area contributed by atoms with Crippen LogP contribution >= 0.6 is 35.7 Å². The molecule has 4 rings (SSSR count). The summed E-state index contributed by atoms with van der Waals surface area (Å²) in [6.45, 7) is 5.15. The Morgan fingerprint density at radius 2 is 2.03 bits per heavy atom.